The minimum atomic E-state index is -0.0563. The molecular formula is C23H22N4O2. The van der Waals surface area contributed by atoms with Crippen molar-refractivity contribution in [1.29, 1.82) is 0 Å². The van der Waals surface area contributed by atoms with Gasteiger partial charge in [-0.1, -0.05) is 35.5 Å². The van der Waals surface area contributed by atoms with E-state index in [1.165, 1.54) is 0 Å². The Morgan fingerprint density at radius 3 is 2.72 bits per heavy atom. The van der Waals surface area contributed by atoms with Crippen LogP contribution < -0.4 is 0 Å². The van der Waals surface area contributed by atoms with Gasteiger partial charge in [0.25, 0.3) is 5.91 Å². The summed E-state index contributed by atoms with van der Waals surface area (Å²) in [4.78, 5) is 15.5. The Kier molecular flexibility index (Phi) is 4.19. The molecule has 1 aliphatic rings. The van der Waals surface area contributed by atoms with Crippen LogP contribution in [0.4, 0.5) is 0 Å². The van der Waals surface area contributed by atoms with Crippen molar-refractivity contribution in [3.05, 3.63) is 71.7 Å². The van der Waals surface area contributed by atoms with Gasteiger partial charge in [-0.3, -0.25) is 9.48 Å². The maximum atomic E-state index is 13.6. The number of amides is 1. The zero-order valence-electron chi connectivity index (χ0n) is 16.5. The molecule has 5 rings (SSSR count). The van der Waals surface area contributed by atoms with Gasteiger partial charge in [-0.05, 0) is 42.7 Å². The summed E-state index contributed by atoms with van der Waals surface area (Å²) in [6.45, 7) is 2.62. The molecule has 2 aromatic heterocycles. The Bertz CT molecular complexity index is 1210. The first-order valence-electron chi connectivity index (χ1n) is 9.88. The first-order valence-corrected chi connectivity index (χ1v) is 9.88. The second kappa shape index (κ2) is 6.88. The van der Waals surface area contributed by atoms with E-state index in [4.69, 9.17) is 4.52 Å². The molecule has 1 fully saturated rings. The molecule has 0 aliphatic carbocycles. The lowest BCUT2D eigenvalue weighted by Crippen LogP contribution is -2.30. The number of nitrogens with zero attached hydrogens (tertiary/aromatic N) is 4. The highest BCUT2D eigenvalue weighted by atomic mass is 16.5. The van der Waals surface area contributed by atoms with Gasteiger partial charge in [0.1, 0.15) is 0 Å². The fourth-order valence-corrected chi connectivity index (χ4v) is 4.36. The first kappa shape index (κ1) is 17.7. The second-order valence-corrected chi connectivity index (χ2v) is 7.57. The molecule has 6 nitrogen and oxygen atoms in total. The van der Waals surface area contributed by atoms with Gasteiger partial charge >= 0.3 is 0 Å². The molecule has 4 aromatic rings. The molecule has 0 N–H and O–H groups in total. The van der Waals surface area contributed by atoms with Crippen molar-refractivity contribution < 1.29 is 9.32 Å². The molecule has 0 saturated carbocycles. The molecule has 1 aliphatic heterocycles. The molecule has 0 radical (unpaired) electrons. The zero-order valence-corrected chi connectivity index (χ0v) is 16.5. The Morgan fingerprint density at radius 1 is 1.14 bits per heavy atom. The molecule has 1 amide bonds. The quantitative estimate of drug-likeness (QED) is 0.519. The summed E-state index contributed by atoms with van der Waals surface area (Å²) in [7, 11) is 1.93. The average Bonchev–Trinajstić information content (AvgIpc) is 3.47. The molecule has 146 valence electrons. The minimum absolute atomic E-state index is 0.0364. The lowest BCUT2D eigenvalue weighted by Gasteiger charge is -2.23. The van der Waals surface area contributed by atoms with Crippen LogP contribution in [0.15, 0.2) is 59.3 Å². The van der Waals surface area contributed by atoms with Crippen LogP contribution in [-0.4, -0.2) is 32.3 Å². The Balaban J connectivity index is 1.58. The van der Waals surface area contributed by atoms with Crippen molar-refractivity contribution in [1.82, 2.24) is 19.8 Å². The van der Waals surface area contributed by atoms with Gasteiger partial charge < -0.3 is 9.42 Å². The van der Waals surface area contributed by atoms with E-state index in [0.29, 0.717) is 0 Å². The van der Waals surface area contributed by atoms with Gasteiger partial charge in [0.05, 0.1) is 17.4 Å². The largest absolute Gasteiger partial charge is 0.359 e. The number of aromatic nitrogens is 3. The normalized spacial score (nSPS) is 16.6. The van der Waals surface area contributed by atoms with Crippen LogP contribution in [0.2, 0.25) is 0 Å². The van der Waals surface area contributed by atoms with Crippen molar-refractivity contribution in [2.75, 3.05) is 6.54 Å². The number of aryl methyl sites for hydroxylation is 2. The maximum absolute atomic E-state index is 13.6. The van der Waals surface area contributed by atoms with E-state index in [9.17, 15) is 4.79 Å². The standard InChI is InChI=1S/C23H22N4O2/c1-15-14-22(29-25-15)21-10-5-13-27(21)23(28)19-9-4-6-16-17(19)7-3-8-18(16)20-11-12-24-26(20)2/h3-4,6-9,11-12,14,21H,5,10,13H2,1-2H3. The first-order chi connectivity index (χ1) is 14.1. The van der Waals surface area contributed by atoms with Crippen LogP contribution in [0.25, 0.3) is 22.0 Å². The summed E-state index contributed by atoms with van der Waals surface area (Å²) in [6, 6.07) is 15.9. The van der Waals surface area contributed by atoms with E-state index in [1.54, 1.807) is 6.20 Å². The lowest BCUT2D eigenvalue weighted by atomic mass is 9.97. The van der Waals surface area contributed by atoms with E-state index in [-0.39, 0.29) is 11.9 Å². The lowest BCUT2D eigenvalue weighted by molar-refractivity contribution is 0.0716. The van der Waals surface area contributed by atoms with E-state index in [1.807, 2.05) is 60.0 Å². The molecule has 2 aromatic carbocycles. The fourth-order valence-electron chi connectivity index (χ4n) is 4.36. The predicted octanol–water partition coefficient (Wildman–Crippen LogP) is 4.51. The summed E-state index contributed by atoms with van der Waals surface area (Å²) >= 11 is 0. The van der Waals surface area contributed by atoms with Gasteiger partial charge in [-0.15, -0.1) is 0 Å². The molecule has 29 heavy (non-hydrogen) atoms. The van der Waals surface area contributed by atoms with Gasteiger partial charge in [0.15, 0.2) is 5.76 Å². The zero-order chi connectivity index (χ0) is 20.0. The monoisotopic (exact) mass is 386 g/mol. The number of hydrogen-bond donors (Lipinski definition) is 0. The molecule has 3 heterocycles. The highest BCUT2D eigenvalue weighted by molar-refractivity contribution is 6.10. The van der Waals surface area contributed by atoms with Gasteiger partial charge in [0.2, 0.25) is 0 Å². The topological polar surface area (TPSA) is 64.2 Å². The van der Waals surface area contributed by atoms with Crippen molar-refractivity contribution in [3.63, 3.8) is 0 Å². The Hall–Kier alpha value is -3.41. The SMILES string of the molecule is Cc1cc(C2CCCN2C(=O)c2cccc3c(-c4ccnn4C)cccc23)on1. The van der Waals surface area contributed by atoms with Crippen molar-refractivity contribution in [2.24, 2.45) is 7.05 Å². The van der Waals surface area contributed by atoms with Crippen LogP contribution in [-0.2, 0) is 7.05 Å². The summed E-state index contributed by atoms with van der Waals surface area (Å²) in [5.41, 5.74) is 3.65. The molecule has 1 unspecified atom stereocenters. The van der Waals surface area contributed by atoms with Crippen LogP contribution in [0.1, 0.15) is 40.7 Å². The number of benzene rings is 2. The van der Waals surface area contributed by atoms with E-state index < -0.39 is 0 Å². The highest BCUT2D eigenvalue weighted by Gasteiger charge is 2.33. The summed E-state index contributed by atoms with van der Waals surface area (Å²) in [6.07, 6.45) is 3.64. The van der Waals surface area contributed by atoms with Gasteiger partial charge in [-0.2, -0.15) is 5.10 Å². The van der Waals surface area contributed by atoms with Gasteiger partial charge in [0, 0.05) is 37.0 Å². The number of carbonyl (C=O) groups is 1. The van der Waals surface area contributed by atoms with Crippen LogP contribution in [0.3, 0.4) is 0 Å². The summed E-state index contributed by atoms with van der Waals surface area (Å²) in [5, 5.41) is 10.3. The maximum Gasteiger partial charge on any atom is 0.255 e. The number of carbonyl (C=O) groups excluding carboxylic acids is 1. The van der Waals surface area contributed by atoms with Gasteiger partial charge in [-0.25, -0.2) is 0 Å². The van der Waals surface area contributed by atoms with Crippen molar-refractivity contribution in [3.8, 4) is 11.3 Å². The second-order valence-electron chi connectivity index (χ2n) is 7.57. The number of likely N-dealkylation sites (tertiary alicyclic amines) is 1. The minimum Gasteiger partial charge on any atom is -0.359 e. The fraction of sp³-hybridized carbons (Fsp3) is 0.261. The third-order valence-electron chi connectivity index (χ3n) is 5.74. The van der Waals surface area contributed by atoms with Crippen LogP contribution in [0, 0.1) is 6.92 Å². The van der Waals surface area contributed by atoms with E-state index >= 15 is 0 Å². The number of fused-ring (bicyclic) bond motifs is 1. The Morgan fingerprint density at radius 2 is 1.97 bits per heavy atom. The molecular weight excluding hydrogens is 364 g/mol. The van der Waals surface area contributed by atoms with E-state index in [2.05, 4.69) is 22.4 Å². The highest BCUT2D eigenvalue weighted by Crippen LogP contribution is 2.36. The van der Waals surface area contributed by atoms with Crippen molar-refractivity contribution in [2.45, 2.75) is 25.8 Å². The third kappa shape index (κ3) is 2.92. The predicted molar refractivity (Wildman–Crippen MR) is 110 cm³/mol. The molecule has 0 spiro atoms. The summed E-state index contributed by atoms with van der Waals surface area (Å²) < 4.78 is 7.33. The van der Waals surface area contributed by atoms with Crippen LogP contribution in [0.5, 0.6) is 0 Å². The van der Waals surface area contributed by atoms with Crippen molar-refractivity contribution >= 4 is 16.7 Å². The Labute approximate surface area is 168 Å². The third-order valence-corrected chi connectivity index (χ3v) is 5.74. The van der Waals surface area contributed by atoms with E-state index in [0.717, 1.165) is 58.4 Å². The average molecular weight is 386 g/mol. The summed E-state index contributed by atoms with van der Waals surface area (Å²) in [5.74, 6) is 0.804. The molecule has 1 saturated heterocycles. The molecule has 0 bridgehead atoms. The smallest absolute Gasteiger partial charge is 0.255 e. The number of hydrogen-bond acceptors (Lipinski definition) is 4. The molecule has 6 heteroatoms. The van der Waals surface area contributed by atoms with Crippen LogP contribution >= 0.6 is 0 Å². The number of rotatable bonds is 3. The molecule has 1 atom stereocenters.